The molecule has 5 fully saturated rings. The summed E-state index contributed by atoms with van der Waals surface area (Å²) in [6.45, 7) is 1.37. The molecule has 3 aliphatic heterocycles. The van der Waals surface area contributed by atoms with Crippen molar-refractivity contribution in [3.63, 3.8) is 0 Å². The van der Waals surface area contributed by atoms with E-state index < -0.39 is 10.2 Å². The number of carbonyl (C=O) groups excluding carboxylic acids is 1. The summed E-state index contributed by atoms with van der Waals surface area (Å²) in [5.41, 5.74) is 0.336. The van der Waals surface area contributed by atoms with Crippen LogP contribution in [0.1, 0.15) is 80.0 Å². The fourth-order valence-corrected chi connectivity index (χ4v) is 8.53. The van der Waals surface area contributed by atoms with Crippen molar-refractivity contribution in [3.05, 3.63) is 17.5 Å². The van der Waals surface area contributed by atoms with Crippen LogP contribution in [0.25, 0.3) is 0 Å². The van der Waals surface area contributed by atoms with E-state index in [0.29, 0.717) is 49.4 Å². The van der Waals surface area contributed by atoms with Crippen molar-refractivity contribution in [3.8, 4) is 0 Å². The molecule has 0 spiro atoms. The molecule has 1 N–H and O–H groups in total. The standard InChI is InChI=1S/C21H30N4O4S/c26-21(19-10-20(29-23-19)15-3-4-15)22-16-8-17-5-6-18(9-16)25(17)30(27,28)24-11-13-1-2-14(7-13)12-24/h10,13-18H,1-9,11-12H2,(H,22,26)/t13-,14+,16-,17+,18-. The lowest BCUT2D eigenvalue weighted by Gasteiger charge is -2.42. The van der Waals surface area contributed by atoms with Gasteiger partial charge in [-0.1, -0.05) is 5.16 Å². The Kier molecular flexibility index (Phi) is 4.51. The molecule has 1 amide bonds. The molecule has 5 atom stereocenters. The predicted molar refractivity (Wildman–Crippen MR) is 109 cm³/mol. The van der Waals surface area contributed by atoms with Crippen LogP contribution in [-0.4, -0.2) is 59.3 Å². The molecule has 2 saturated carbocycles. The first kappa shape index (κ1) is 19.3. The number of hydrogen-bond acceptors (Lipinski definition) is 5. The van der Waals surface area contributed by atoms with Gasteiger partial charge >= 0.3 is 0 Å². The van der Waals surface area contributed by atoms with E-state index in [1.807, 2.05) is 0 Å². The maximum atomic E-state index is 13.5. The first-order valence-electron chi connectivity index (χ1n) is 11.5. The minimum atomic E-state index is -3.42. The van der Waals surface area contributed by atoms with Crippen molar-refractivity contribution in [1.82, 2.24) is 19.1 Å². The topological polar surface area (TPSA) is 95.8 Å². The zero-order valence-corrected chi connectivity index (χ0v) is 18.0. The molecule has 4 heterocycles. The fraction of sp³-hybridized carbons (Fsp3) is 0.810. The largest absolute Gasteiger partial charge is 0.360 e. The van der Waals surface area contributed by atoms with E-state index in [2.05, 4.69) is 10.5 Å². The van der Waals surface area contributed by atoms with Gasteiger partial charge in [-0.15, -0.1) is 0 Å². The van der Waals surface area contributed by atoms with Crippen molar-refractivity contribution in [1.29, 1.82) is 0 Å². The third-order valence-electron chi connectivity index (χ3n) is 7.91. The average molecular weight is 435 g/mol. The highest BCUT2D eigenvalue weighted by atomic mass is 32.2. The van der Waals surface area contributed by atoms with Gasteiger partial charge in [-0.2, -0.15) is 17.0 Å². The Bertz CT molecular complexity index is 917. The van der Waals surface area contributed by atoms with Gasteiger partial charge in [-0.05, 0) is 69.6 Å². The molecular weight excluding hydrogens is 404 g/mol. The lowest BCUT2D eigenvalue weighted by molar-refractivity contribution is 0.0897. The molecule has 3 saturated heterocycles. The van der Waals surface area contributed by atoms with Gasteiger partial charge in [0.15, 0.2) is 5.69 Å². The summed E-state index contributed by atoms with van der Waals surface area (Å²) in [6.07, 6.45) is 8.85. The third-order valence-corrected chi connectivity index (χ3v) is 9.99. The van der Waals surface area contributed by atoms with Gasteiger partial charge in [0, 0.05) is 43.2 Å². The maximum absolute atomic E-state index is 13.5. The summed E-state index contributed by atoms with van der Waals surface area (Å²) in [5, 5.41) is 7.02. The van der Waals surface area contributed by atoms with Crippen LogP contribution < -0.4 is 5.32 Å². The van der Waals surface area contributed by atoms with E-state index in [1.54, 1.807) is 14.7 Å². The molecule has 1 aromatic heterocycles. The number of hydrogen-bond donors (Lipinski definition) is 1. The number of fused-ring (bicyclic) bond motifs is 4. The Balaban J connectivity index is 1.12. The second kappa shape index (κ2) is 7.03. The van der Waals surface area contributed by atoms with E-state index in [4.69, 9.17) is 4.52 Å². The quantitative estimate of drug-likeness (QED) is 0.767. The number of carbonyl (C=O) groups is 1. The number of nitrogens with one attached hydrogen (secondary N) is 1. The average Bonchev–Trinajstić information content (AvgIpc) is 3.25. The Morgan fingerprint density at radius 3 is 2.30 bits per heavy atom. The van der Waals surface area contributed by atoms with Crippen LogP contribution in [0.2, 0.25) is 0 Å². The minimum absolute atomic E-state index is 0.0138. The van der Waals surface area contributed by atoms with Crippen LogP contribution in [0.4, 0.5) is 0 Å². The normalized spacial score (nSPS) is 36.9. The van der Waals surface area contributed by atoms with Gasteiger partial charge < -0.3 is 9.84 Å². The van der Waals surface area contributed by atoms with E-state index in [-0.39, 0.29) is 24.0 Å². The minimum Gasteiger partial charge on any atom is -0.360 e. The molecular formula is C21H30N4O4S. The van der Waals surface area contributed by atoms with Crippen molar-refractivity contribution >= 4 is 16.1 Å². The molecule has 6 rings (SSSR count). The van der Waals surface area contributed by atoms with Crippen molar-refractivity contribution in [2.24, 2.45) is 11.8 Å². The maximum Gasteiger partial charge on any atom is 0.282 e. The first-order valence-corrected chi connectivity index (χ1v) is 12.9. The molecule has 5 aliphatic rings. The van der Waals surface area contributed by atoms with Gasteiger partial charge in [0.25, 0.3) is 16.1 Å². The van der Waals surface area contributed by atoms with Gasteiger partial charge in [0.1, 0.15) is 5.76 Å². The van der Waals surface area contributed by atoms with Gasteiger partial charge in [0.05, 0.1) is 0 Å². The fourth-order valence-electron chi connectivity index (χ4n) is 6.33. The monoisotopic (exact) mass is 434 g/mol. The highest BCUT2D eigenvalue weighted by Gasteiger charge is 2.50. The molecule has 9 heteroatoms. The van der Waals surface area contributed by atoms with Gasteiger partial charge in [0.2, 0.25) is 0 Å². The molecule has 164 valence electrons. The van der Waals surface area contributed by atoms with Crippen molar-refractivity contribution in [2.75, 3.05) is 13.1 Å². The second-order valence-electron chi connectivity index (χ2n) is 10.1. The third kappa shape index (κ3) is 3.29. The summed E-state index contributed by atoms with van der Waals surface area (Å²) in [6, 6.07) is 1.71. The van der Waals surface area contributed by atoms with E-state index in [9.17, 15) is 13.2 Å². The summed E-state index contributed by atoms with van der Waals surface area (Å²) in [5.74, 6) is 2.09. The van der Waals surface area contributed by atoms with Crippen LogP contribution in [0.5, 0.6) is 0 Å². The SMILES string of the molecule is O=C(N[C@H]1C[C@H]2CC[C@@H](C1)N2S(=O)(=O)N1C[C@@H]2CC[C@@H](C2)C1)c1cc(C2CC2)on1. The van der Waals surface area contributed by atoms with Crippen LogP contribution in [0.15, 0.2) is 10.6 Å². The van der Waals surface area contributed by atoms with Gasteiger partial charge in [-0.3, -0.25) is 4.79 Å². The first-order chi connectivity index (χ1) is 14.5. The van der Waals surface area contributed by atoms with Crippen LogP contribution >= 0.6 is 0 Å². The zero-order chi connectivity index (χ0) is 20.5. The zero-order valence-electron chi connectivity index (χ0n) is 17.2. The highest BCUT2D eigenvalue weighted by molar-refractivity contribution is 7.86. The van der Waals surface area contributed by atoms with E-state index >= 15 is 0 Å². The summed E-state index contributed by atoms with van der Waals surface area (Å²) in [4.78, 5) is 12.6. The Hall–Kier alpha value is -1.45. The smallest absolute Gasteiger partial charge is 0.282 e. The molecule has 30 heavy (non-hydrogen) atoms. The molecule has 1 aromatic rings. The van der Waals surface area contributed by atoms with Crippen molar-refractivity contribution in [2.45, 2.75) is 81.8 Å². The summed E-state index contributed by atoms with van der Waals surface area (Å²) >= 11 is 0. The van der Waals surface area contributed by atoms with Crippen LogP contribution in [0, 0.1) is 11.8 Å². The lowest BCUT2D eigenvalue weighted by Crippen LogP contribution is -2.57. The predicted octanol–water partition coefficient (Wildman–Crippen LogP) is 2.25. The van der Waals surface area contributed by atoms with E-state index in [0.717, 1.165) is 31.4 Å². The van der Waals surface area contributed by atoms with Crippen LogP contribution in [-0.2, 0) is 10.2 Å². The number of amides is 1. The molecule has 8 nitrogen and oxygen atoms in total. The Morgan fingerprint density at radius 2 is 1.67 bits per heavy atom. The summed E-state index contributed by atoms with van der Waals surface area (Å²) in [7, 11) is -3.42. The highest BCUT2D eigenvalue weighted by Crippen LogP contribution is 2.43. The lowest BCUT2D eigenvalue weighted by atomic mass is 9.99. The number of aromatic nitrogens is 1. The van der Waals surface area contributed by atoms with Gasteiger partial charge in [-0.25, -0.2) is 0 Å². The second-order valence-corrected chi connectivity index (χ2v) is 11.9. The number of rotatable bonds is 5. The molecule has 2 aliphatic carbocycles. The van der Waals surface area contributed by atoms with Crippen LogP contribution in [0.3, 0.4) is 0 Å². The Morgan fingerprint density at radius 1 is 1.00 bits per heavy atom. The number of nitrogens with zero attached hydrogens (tertiary/aromatic N) is 3. The molecule has 0 unspecified atom stereocenters. The van der Waals surface area contributed by atoms with Crippen molar-refractivity contribution < 1.29 is 17.7 Å². The molecule has 4 bridgehead atoms. The number of piperidine rings is 2. The summed E-state index contributed by atoms with van der Waals surface area (Å²) < 4.78 is 35.8. The molecule has 0 aromatic carbocycles. The van der Waals surface area contributed by atoms with E-state index in [1.165, 1.54) is 19.3 Å². The molecule has 0 radical (unpaired) electrons. The Labute approximate surface area is 177 Å².